The Morgan fingerprint density at radius 3 is 2.93 bits per heavy atom. The van der Waals surface area contributed by atoms with E-state index in [1.165, 1.54) is 12.8 Å². The van der Waals surface area contributed by atoms with Crippen LogP contribution in [0.25, 0.3) is 0 Å². The molecule has 0 amide bonds. The van der Waals surface area contributed by atoms with E-state index in [1.807, 2.05) is 6.92 Å². The molecule has 1 aliphatic heterocycles. The Morgan fingerprint density at radius 1 is 1.50 bits per heavy atom. The van der Waals surface area contributed by atoms with Gasteiger partial charge in [0.2, 0.25) is 0 Å². The maximum absolute atomic E-state index is 5.40. The summed E-state index contributed by atoms with van der Waals surface area (Å²) in [6.45, 7) is 8.72. The van der Waals surface area contributed by atoms with Gasteiger partial charge in [0.05, 0.1) is 13.2 Å². The van der Waals surface area contributed by atoms with Gasteiger partial charge in [0.1, 0.15) is 0 Å². The number of nitrogens with one attached hydrogen (secondary N) is 1. The van der Waals surface area contributed by atoms with Crippen LogP contribution in [0.5, 0.6) is 0 Å². The number of rotatable bonds is 7. The maximum Gasteiger partial charge on any atom is 0.0590 e. The average Bonchev–Trinajstić information content (AvgIpc) is 2.71. The van der Waals surface area contributed by atoms with Crippen LogP contribution in [0.1, 0.15) is 26.7 Å². The van der Waals surface area contributed by atoms with E-state index < -0.39 is 0 Å². The largest absolute Gasteiger partial charge is 0.381 e. The standard InChI is InChI=1S/C11H23NO2/c1-3-11(10-5-7-14-9-10)12-6-8-13-4-2/h10-12H,3-9H2,1-2H3. The van der Waals surface area contributed by atoms with Crippen molar-refractivity contribution in [1.29, 1.82) is 0 Å². The van der Waals surface area contributed by atoms with E-state index in [9.17, 15) is 0 Å². The Kier molecular flexibility index (Phi) is 6.15. The third-order valence-corrected chi connectivity index (χ3v) is 2.83. The van der Waals surface area contributed by atoms with Crippen LogP contribution < -0.4 is 5.32 Å². The molecule has 1 fully saturated rings. The Bertz CT molecular complexity index is 135. The third-order valence-electron chi connectivity index (χ3n) is 2.83. The third kappa shape index (κ3) is 3.95. The second kappa shape index (κ2) is 7.21. The first-order valence-electron chi connectivity index (χ1n) is 5.77. The van der Waals surface area contributed by atoms with E-state index in [0.717, 1.165) is 33.0 Å². The minimum atomic E-state index is 0.609. The van der Waals surface area contributed by atoms with E-state index in [0.29, 0.717) is 12.0 Å². The summed E-state index contributed by atoms with van der Waals surface area (Å²) in [5, 5.41) is 3.54. The van der Waals surface area contributed by atoms with Crippen molar-refractivity contribution in [3.05, 3.63) is 0 Å². The lowest BCUT2D eigenvalue weighted by Gasteiger charge is -2.22. The van der Waals surface area contributed by atoms with Gasteiger partial charge in [-0.1, -0.05) is 6.92 Å². The van der Waals surface area contributed by atoms with Crippen LogP contribution in [0.2, 0.25) is 0 Å². The number of ether oxygens (including phenoxy) is 2. The predicted molar refractivity (Wildman–Crippen MR) is 57.5 cm³/mol. The lowest BCUT2D eigenvalue weighted by molar-refractivity contribution is 0.140. The summed E-state index contributed by atoms with van der Waals surface area (Å²) in [7, 11) is 0. The van der Waals surface area contributed by atoms with E-state index in [2.05, 4.69) is 12.2 Å². The normalized spacial score (nSPS) is 24.0. The first kappa shape index (κ1) is 12.0. The molecule has 1 aliphatic rings. The zero-order valence-corrected chi connectivity index (χ0v) is 9.42. The molecule has 0 radical (unpaired) electrons. The molecule has 0 bridgehead atoms. The van der Waals surface area contributed by atoms with Gasteiger partial charge in [-0.2, -0.15) is 0 Å². The summed E-state index contributed by atoms with van der Waals surface area (Å²) in [6.07, 6.45) is 2.39. The zero-order chi connectivity index (χ0) is 10.2. The molecule has 0 spiro atoms. The number of hydrogen-bond donors (Lipinski definition) is 1. The molecule has 0 aromatic heterocycles. The molecule has 1 rings (SSSR count). The van der Waals surface area contributed by atoms with Gasteiger partial charge < -0.3 is 14.8 Å². The first-order valence-corrected chi connectivity index (χ1v) is 5.77. The molecule has 1 heterocycles. The smallest absolute Gasteiger partial charge is 0.0590 e. The quantitative estimate of drug-likeness (QED) is 0.632. The summed E-state index contributed by atoms with van der Waals surface area (Å²) in [5.74, 6) is 0.710. The average molecular weight is 201 g/mol. The topological polar surface area (TPSA) is 30.5 Å². The van der Waals surface area contributed by atoms with Crippen molar-refractivity contribution in [2.45, 2.75) is 32.7 Å². The van der Waals surface area contributed by atoms with Crippen LogP contribution in [0, 0.1) is 5.92 Å². The van der Waals surface area contributed by atoms with Gasteiger partial charge in [-0.25, -0.2) is 0 Å². The van der Waals surface area contributed by atoms with Crippen LogP contribution >= 0.6 is 0 Å². The predicted octanol–water partition coefficient (Wildman–Crippen LogP) is 1.43. The van der Waals surface area contributed by atoms with Crippen molar-refractivity contribution in [1.82, 2.24) is 5.32 Å². The summed E-state index contributed by atoms with van der Waals surface area (Å²) in [5.41, 5.74) is 0. The molecule has 3 heteroatoms. The second-order valence-corrected chi connectivity index (χ2v) is 3.79. The van der Waals surface area contributed by atoms with Crippen LogP contribution in [0.15, 0.2) is 0 Å². The maximum atomic E-state index is 5.40. The summed E-state index contributed by atoms with van der Waals surface area (Å²) in [6, 6.07) is 0.609. The molecule has 84 valence electrons. The van der Waals surface area contributed by atoms with Gasteiger partial charge in [0, 0.05) is 25.8 Å². The SMILES string of the molecule is CCOCCNC(CC)C1CCOC1. The van der Waals surface area contributed by atoms with Gasteiger partial charge in [0.25, 0.3) is 0 Å². The molecule has 3 nitrogen and oxygen atoms in total. The summed E-state index contributed by atoms with van der Waals surface area (Å²) >= 11 is 0. The minimum absolute atomic E-state index is 0.609. The fourth-order valence-corrected chi connectivity index (χ4v) is 1.98. The highest BCUT2D eigenvalue weighted by atomic mass is 16.5. The van der Waals surface area contributed by atoms with Crippen molar-refractivity contribution >= 4 is 0 Å². The molecule has 0 saturated carbocycles. The Labute approximate surface area is 87.2 Å². The van der Waals surface area contributed by atoms with Gasteiger partial charge in [0.15, 0.2) is 0 Å². The van der Waals surface area contributed by atoms with E-state index in [-0.39, 0.29) is 0 Å². The molecule has 14 heavy (non-hydrogen) atoms. The van der Waals surface area contributed by atoms with Crippen LogP contribution in [-0.2, 0) is 9.47 Å². The summed E-state index contributed by atoms with van der Waals surface area (Å²) in [4.78, 5) is 0. The first-order chi connectivity index (χ1) is 6.88. The van der Waals surface area contributed by atoms with Crippen molar-refractivity contribution in [3.8, 4) is 0 Å². The van der Waals surface area contributed by atoms with Crippen molar-refractivity contribution in [2.24, 2.45) is 5.92 Å². The molecule has 1 saturated heterocycles. The van der Waals surface area contributed by atoms with Gasteiger partial charge >= 0.3 is 0 Å². The Balaban J connectivity index is 2.11. The highest BCUT2D eigenvalue weighted by molar-refractivity contribution is 4.78. The minimum Gasteiger partial charge on any atom is -0.381 e. The van der Waals surface area contributed by atoms with E-state index >= 15 is 0 Å². The molecule has 1 N–H and O–H groups in total. The molecular formula is C11H23NO2. The zero-order valence-electron chi connectivity index (χ0n) is 9.42. The van der Waals surface area contributed by atoms with Crippen LogP contribution in [0.4, 0.5) is 0 Å². The molecule has 0 aliphatic carbocycles. The lowest BCUT2D eigenvalue weighted by atomic mass is 9.97. The summed E-state index contributed by atoms with van der Waals surface area (Å²) < 4.78 is 10.7. The van der Waals surface area contributed by atoms with E-state index in [4.69, 9.17) is 9.47 Å². The Hall–Kier alpha value is -0.120. The lowest BCUT2D eigenvalue weighted by Crippen LogP contribution is -2.38. The molecular weight excluding hydrogens is 178 g/mol. The van der Waals surface area contributed by atoms with Crippen molar-refractivity contribution in [3.63, 3.8) is 0 Å². The van der Waals surface area contributed by atoms with Crippen molar-refractivity contribution in [2.75, 3.05) is 33.0 Å². The van der Waals surface area contributed by atoms with E-state index in [1.54, 1.807) is 0 Å². The van der Waals surface area contributed by atoms with Crippen LogP contribution in [-0.4, -0.2) is 39.0 Å². The van der Waals surface area contributed by atoms with Crippen molar-refractivity contribution < 1.29 is 9.47 Å². The molecule has 2 unspecified atom stereocenters. The van der Waals surface area contributed by atoms with Crippen LogP contribution in [0.3, 0.4) is 0 Å². The fourth-order valence-electron chi connectivity index (χ4n) is 1.98. The second-order valence-electron chi connectivity index (χ2n) is 3.79. The molecule has 2 atom stereocenters. The number of hydrogen-bond acceptors (Lipinski definition) is 3. The van der Waals surface area contributed by atoms with Gasteiger partial charge in [-0.15, -0.1) is 0 Å². The fraction of sp³-hybridized carbons (Fsp3) is 1.00. The Morgan fingerprint density at radius 2 is 2.36 bits per heavy atom. The highest BCUT2D eigenvalue weighted by Gasteiger charge is 2.23. The van der Waals surface area contributed by atoms with Gasteiger partial charge in [-0.3, -0.25) is 0 Å². The van der Waals surface area contributed by atoms with Gasteiger partial charge in [-0.05, 0) is 25.7 Å². The monoisotopic (exact) mass is 201 g/mol. The molecule has 0 aromatic carbocycles. The highest BCUT2D eigenvalue weighted by Crippen LogP contribution is 2.18. The molecule has 0 aromatic rings.